The topological polar surface area (TPSA) is 78.9 Å². The molecule has 0 aliphatic rings. The van der Waals surface area contributed by atoms with Crippen LogP contribution in [0, 0.1) is 0 Å². The summed E-state index contributed by atoms with van der Waals surface area (Å²) < 4.78 is 16.9. The Labute approximate surface area is 421 Å². The van der Waals surface area contributed by atoms with Crippen molar-refractivity contribution in [2.24, 2.45) is 0 Å². The van der Waals surface area contributed by atoms with Gasteiger partial charge in [-0.05, 0) is 83.5 Å². The summed E-state index contributed by atoms with van der Waals surface area (Å²) in [5, 5.41) is 0. The van der Waals surface area contributed by atoms with E-state index in [4.69, 9.17) is 14.2 Å². The van der Waals surface area contributed by atoms with Crippen molar-refractivity contribution in [3.05, 3.63) is 60.8 Å². The lowest BCUT2D eigenvalue weighted by Gasteiger charge is -2.18. The third-order valence-electron chi connectivity index (χ3n) is 12.8. The second-order valence-electron chi connectivity index (χ2n) is 19.5. The van der Waals surface area contributed by atoms with E-state index in [1.54, 1.807) is 0 Å². The molecule has 0 aromatic carbocycles. The molecule has 0 radical (unpaired) electrons. The van der Waals surface area contributed by atoms with Gasteiger partial charge in [-0.1, -0.05) is 255 Å². The van der Waals surface area contributed by atoms with Crippen LogP contribution in [0.25, 0.3) is 0 Å². The summed E-state index contributed by atoms with van der Waals surface area (Å²) in [7, 11) is 0. The lowest BCUT2D eigenvalue weighted by Crippen LogP contribution is -2.30. The highest BCUT2D eigenvalue weighted by atomic mass is 16.6. The number of carbonyl (C=O) groups excluding carboxylic acids is 3. The Bertz CT molecular complexity index is 1230. The molecule has 0 rings (SSSR count). The van der Waals surface area contributed by atoms with Crippen molar-refractivity contribution in [3.8, 4) is 0 Å². The van der Waals surface area contributed by atoms with Crippen LogP contribution in [0.1, 0.15) is 297 Å². The second-order valence-corrected chi connectivity index (χ2v) is 19.5. The lowest BCUT2D eigenvalue weighted by molar-refractivity contribution is -0.167. The van der Waals surface area contributed by atoms with Crippen molar-refractivity contribution in [3.63, 3.8) is 0 Å². The van der Waals surface area contributed by atoms with Crippen molar-refractivity contribution in [2.45, 2.75) is 303 Å². The van der Waals surface area contributed by atoms with Gasteiger partial charge < -0.3 is 14.2 Å². The van der Waals surface area contributed by atoms with Gasteiger partial charge in [0, 0.05) is 19.3 Å². The van der Waals surface area contributed by atoms with E-state index in [1.165, 1.54) is 167 Å². The van der Waals surface area contributed by atoms with Crippen molar-refractivity contribution < 1.29 is 28.6 Å². The normalized spacial score (nSPS) is 12.5. The number of esters is 3. The monoisotopic (exact) mass is 951 g/mol. The van der Waals surface area contributed by atoms with Crippen LogP contribution in [0.4, 0.5) is 0 Å². The van der Waals surface area contributed by atoms with Crippen molar-refractivity contribution in [2.75, 3.05) is 13.2 Å². The molecular weight excluding hydrogens is 841 g/mol. The first kappa shape index (κ1) is 65.1. The summed E-state index contributed by atoms with van der Waals surface area (Å²) in [6, 6.07) is 0. The van der Waals surface area contributed by atoms with Gasteiger partial charge in [-0.2, -0.15) is 0 Å². The third kappa shape index (κ3) is 54.1. The molecule has 0 fully saturated rings. The molecule has 0 aromatic rings. The maximum atomic E-state index is 12.9. The SMILES string of the molecule is CC/C=C\C/C=C\C/C=C\C/C=C\CCCCCCCCCCC(=O)OCC(COC(=O)CCCCCCCCCCCCCC)OC(=O)CCCCCCCCC/C=C\CCCCCCCC. The Morgan fingerprint density at radius 1 is 0.309 bits per heavy atom. The fourth-order valence-electron chi connectivity index (χ4n) is 8.37. The molecule has 0 heterocycles. The van der Waals surface area contributed by atoms with Gasteiger partial charge >= 0.3 is 17.9 Å². The molecule has 6 heteroatoms. The second kappa shape index (κ2) is 56.7. The number of rotatable bonds is 53. The van der Waals surface area contributed by atoms with Gasteiger partial charge in [0.1, 0.15) is 13.2 Å². The Kier molecular flexibility index (Phi) is 54.3. The summed E-state index contributed by atoms with van der Waals surface area (Å²) >= 11 is 0. The van der Waals surface area contributed by atoms with Crippen LogP contribution in [0.5, 0.6) is 0 Å². The first-order valence-electron chi connectivity index (χ1n) is 29.3. The number of hydrogen-bond donors (Lipinski definition) is 0. The fraction of sp³-hybridized carbons (Fsp3) is 0.790. The van der Waals surface area contributed by atoms with Crippen molar-refractivity contribution in [1.29, 1.82) is 0 Å². The summed E-state index contributed by atoms with van der Waals surface area (Å²) in [6.07, 6.45) is 70.6. The van der Waals surface area contributed by atoms with Crippen molar-refractivity contribution >= 4 is 17.9 Å². The minimum atomic E-state index is -0.778. The molecule has 394 valence electrons. The van der Waals surface area contributed by atoms with E-state index in [1.807, 2.05) is 0 Å². The fourth-order valence-corrected chi connectivity index (χ4v) is 8.37. The molecule has 68 heavy (non-hydrogen) atoms. The molecule has 1 atom stereocenters. The smallest absolute Gasteiger partial charge is 0.306 e. The van der Waals surface area contributed by atoms with Crippen molar-refractivity contribution in [1.82, 2.24) is 0 Å². The van der Waals surface area contributed by atoms with E-state index in [-0.39, 0.29) is 31.1 Å². The molecule has 1 unspecified atom stereocenters. The average molecular weight is 952 g/mol. The Morgan fingerprint density at radius 2 is 0.574 bits per heavy atom. The van der Waals surface area contributed by atoms with E-state index in [9.17, 15) is 14.4 Å². The van der Waals surface area contributed by atoms with E-state index >= 15 is 0 Å². The molecule has 0 bridgehead atoms. The zero-order valence-corrected chi connectivity index (χ0v) is 45.1. The summed E-state index contributed by atoms with van der Waals surface area (Å²) in [5.74, 6) is -0.876. The van der Waals surface area contributed by atoms with Crippen LogP contribution in [-0.4, -0.2) is 37.2 Å². The first-order chi connectivity index (χ1) is 33.5. The standard InChI is InChI=1S/C62H110O6/c1-4-7-10-13-16-19-22-25-27-29-30-31-32-34-35-37-40-43-46-49-52-55-61(64)67-58-59(57-66-60(63)54-51-48-45-42-39-24-21-18-15-12-9-6-3)68-62(65)56-53-50-47-44-41-38-36-33-28-26-23-20-17-14-11-8-5-2/h7,10,16,19,25-28,30-31,59H,4-6,8-9,11-15,17-18,20-24,29,32-58H2,1-3H3/b10-7-,19-16-,27-25-,28-26-,31-30-. The molecular formula is C62H110O6. The average Bonchev–Trinajstić information content (AvgIpc) is 3.34. The number of carbonyl (C=O) groups is 3. The molecule has 0 saturated carbocycles. The highest BCUT2D eigenvalue weighted by molar-refractivity contribution is 5.71. The van der Waals surface area contributed by atoms with E-state index in [0.29, 0.717) is 19.3 Å². The van der Waals surface area contributed by atoms with Gasteiger partial charge in [0.15, 0.2) is 6.10 Å². The number of hydrogen-bond acceptors (Lipinski definition) is 6. The highest BCUT2D eigenvalue weighted by Crippen LogP contribution is 2.16. The zero-order valence-electron chi connectivity index (χ0n) is 45.1. The summed E-state index contributed by atoms with van der Waals surface area (Å²) in [5.41, 5.74) is 0. The molecule has 0 spiro atoms. The van der Waals surface area contributed by atoms with Gasteiger partial charge in [-0.3, -0.25) is 14.4 Å². The number of ether oxygens (including phenoxy) is 3. The van der Waals surface area contributed by atoms with Gasteiger partial charge in [-0.15, -0.1) is 0 Å². The quantitative estimate of drug-likeness (QED) is 0.0262. The minimum Gasteiger partial charge on any atom is -0.462 e. The van der Waals surface area contributed by atoms with Crippen LogP contribution in [0.15, 0.2) is 60.8 Å². The van der Waals surface area contributed by atoms with Crippen LogP contribution in [-0.2, 0) is 28.6 Å². The molecule has 0 aliphatic carbocycles. The van der Waals surface area contributed by atoms with Crippen LogP contribution in [0.2, 0.25) is 0 Å². The predicted molar refractivity (Wildman–Crippen MR) is 293 cm³/mol. The van der Waals surface area contributed by atoms with Crippen LogP contribution >= 0.6 is 0 Å². The number of unbranched alkanes of at least 4 members (excludes halogenated alkanes) is 32. The molecule has 6 nitrogen and oxygen atoms in total. The minimum absolute atomic E-state index is 0.0756. The van der Waals surface area contributed by atoms with Crippen LogP contribution in [0.3, 0.4) is 0 Å². The van der Waals surface area contributed by atoms with Gasteiger partial charge in [0.25, 0.3) is 0 Å². The number of allylic oxidation sites excluding steroid dienone is 10. The lowest BCUT2D eigenvalue weighted by atomic mass is 10.0. The zero-order chi connectivity index (χ0) is 49.3. The van der Waals surface area contributed by atoms with Gasteiger partial charge in [0.2, 0.25) is 0 Å². The van der Waals surface area contributed by atoms with Crippen LogP contribution < -0.4 is 0 Å². The predicted octanol–water partition coefficient (Wildman–Crippen LogP) is 19.6. The molecule has 0 aliphatic heterocycles. The summed E-state index contributed by atoms with van der Waals surface area (Å²) in [4.78, 5) is 38.2. The molecule has 0 amide bonds. The van der Waals surface area contributed by atoms with Gasteiger partial charge in [0.05, 0.1) is 0 Å². The largest absolute Gasteiger partial charge is 0.462 e. The maximum Gasteiger partial charge on any atom is 0.306 e. The first-order valence-corrected chi connectivity index (χ1v) is 29.3. The molecule has 0 saturated heterocycles. The van der Waals surface area contributed by atoms with E-state index < -0.39 is 6.10 Å². The highest BCUT2D eigenvalue weighted by Gasteiger charge is 2.19. The third-order valence-corrected chi connectivity index (χ3v) is 12.8. The summed E-state index contributed by atoms with van der Waals surface area (Å²) in [6.45, 7) is 6.54. The van der Waals surface area contributed by atoms with E-state index in [2.05, 4.69) is 81.5 Å². The Morgan fingerprint density at radius 3 is 0.912 bits per heavy atom. The maximum absolute atomic E-state index is 12.9. The molecule has 0 N–H and O–H groups in total. The Hall–Kier alpha value is -2.89. The van der Waals surface area contributed by atoms with E-state index in [0.717, 1.165) is 89.9 Å². The van der Waals surface area contributed by atoms with Gasteiger partial charge in [-0.25, -0.2) is 0 Å². The Balaban J connectivity index is 4.34. The molecule has 0 aromatic heterocycles.